The van der Waals surface area contributed by atoms with Gasteiger partial charge in [0.1, 0.15) is 0 Å². The number of nitrogens with zero attached hydrogens (tertiary/aromatic N) is 1. The van der Waals surface area contributed by atoms with Crippen LogP contribution in [0.1, 0.15) is 29.3 Å². The molecule has 0 aliphatic carbocycles. The molecule has 0 fully saturated rings. The van der Waals surface area contributed by atoms with E-state index >= 15 is 0 Å². The van der Waals surface area contributed by atoms with Gasteiger partial charge in [-0.3, -0.25) is 14.9 Å². The van der Waals surface area contributed by atoms with E-state index in [0.29, 0.717) is 11.1 Å². The fourth-order valence-electron chi connectivity index (χ4n) is 2.20. The van der Waals surface area contributed by atoms with Crippen molar-refractivity contribution in [3.8, 4) is 0 Å². The number of hydrogen-bond acceptors (Lipinski definition) is 5. The molecule has 0 unspecified atom stereocenters. The number of rotatable bonds is 7. The lowest BCUT2D eigenvalue weighted by Crippen LogP contribution is -2.12. The molecule has 6 nitrogen and oxygen atoms in total. The van der Waals surface area contributed by atoms with Crippen molar-refractivity contribution < 1.29 is 19.2 Å². The molecule has 128 valence electrons. The van der Waals surface area contributed by atoms with Gasteiger partial charge in [-0.15, -0.1) is 0 Å². The van der Waals surface area contributed by atoms with Crippen molar-refractivity contribution in [1.82, 2.24) is 0 Å². The average Bonchev–Trinajstić information content (AvgIpc) is 2.62. The fraction of sp³-hybridized carbons (Fsp3) is 0.158. The summed E-state index contributed by atoms with van der Waals surface area (Å²) < 4.78 is 5.01. The molecule has 0 saturated carbocycles. The maximum Gasteiger partial charge on any atom is 0.334 e. The molecule has 0 aliphatic heterocycles. The Kier molecular flexibility index (Phi) is 6.17. The molecule has 0 saturated heterocycles. The highest BCUT2D eigenvalue weighted by molar-refractivity contribution is 6.05. The molecular weight excluding hydrogens is 322 g/mol. The minimum Gasteiger partial charge on any atom is -0.463 e. The molecule has 0 N–H and O–H groups in total. The standard InChI is InChI=1S/C19H17NO5/c1-2-25-19(22)16(13-18(21)15-6-4-3-5-7-15)12-14-8-10-17(11-9-14)20(23)24/h3-12H,2,13H2,1H3/b16-12+. The van der Waals surface area contributed by atoms with Crippen LogP contribution in [0.4, 0.5) is 5.69 Å². The van der Waals surface area contributed by atoms with Crippen LogP contribution in [0.15, 0.2) is 60.2 Å². The van der Waals surface area contributed by atoms with Crippen molar-refractivity contribution in [2.24, 2.45) is 0 Å². The van der Waals surface area contributed by atoms with E-state index in [2.05, 4.69) is 0 Å². The normalized spacial score (nSPS) is 11.0. The lowest BCUT2D eigenvalue weighted by molar-refractivity contribution is -0.384. The summed E-state index contributed by atoms with van der Waals surface area (Å²) in [5.74, 6) is -0.785. The van der Waals surface area contributed by atoms with Crippen LogP contribution in [0.5, 0.6) is 0 Å². The van der Waals surface area contributed by atoms with Gasteiger partial charge in [-0.1, -0.05) is 30.3 Å². The number of ketones is 1. The fourth-order valence-corrected chi connectivity index (χ4v) is 2.20. The summed E-state index contributed by atoms with van der Waals surface area (Å²) in [6.07, 6.45) is 1.41. The molecule has 0 aromatic heterocycles. The first kappa shape index (κ1) is 18.1. The third-order valence-corrected chi connectivity index (χ3v) is 3.43. The lowest BCUT2D eigenvalue weighted by atomic mass is 10.0. The number of nitro benzene ring substituents is 1. The summed E-state index contributed by atoms with van der Waals surface area (Å²) in [6.45, 7) is 1.87. The monoisotopic (exact) mass is 339 g/mol. The van der Waals surface area contributed by atoms with Crippen LogP contribution in [0, 0.1) is 10.1 Å². The first-order valence-corrected chi connectivity index (χ1v) is 7.71. The number of nitro groups is 1. The van der Waals surface area contributed by atoms with Crippen LogP contribution in [-0.2, 0) is 9.53 Å². The van der Waals surface area contributed by atoms with Crippen molar-refractivity contribution in [3.63, 3.8) is 0 Å². The molecule has 0 heterocycles. The van der Waals surface area contributed by atoms with E-state index in [4.69, 9.17) is 4.74 Å². The van der Waals surface area contributed by atoms with E-state index in [0.717, 1.165) is 0 Å². The summed E-state index contributed by atoms with van der Waals surface area (Å²) in [7, 11) is 0. The van der Waals surface area contributed by atoms with Gasteiger partial charge in [-0.2, -0.15) is 0 Å². The molecule has 0 spiro atoms. The summed E-state index contributed by atoms with van der Waals surface area (Å²) in [6, 6.07) is 14.4. The molecular formula is C19H17NO5. The molecule has 2 aromatic rings. The second-order valence-electron chi connectivity index (χ2n) is 5.20. The molecule has 2 rings (SSSR count). The Hall–Kier alpha value is -3.28. The molecule has 6 heteroatoms. The van der Waals surface area contributed by atoms with Gasteiger partial charge in [0.05, 0.1) is 11.5 Å². The number of ether oxygens (including phenoxy) is 1. The maximum atomic E-state index is 12.4. The zero-order valence-electron chi connectivity index (χ0n) is 13.7. The van der Waals surface area contributed by atoms with Crippen molar-refractivity contribution in [2.75, 3.05) is 6.61 Å². The van der Waals surface area contributed by atoms with E-state index < -0.39 is 10.9 Å². The Bertz CT molecular complexity index is 794. The molecule has 0 radical (unpaired) electrons. The Balaban J connectivity index is 2.27. The highest BCUT2D eigenvalue weighted by atomic mass is 16.6. The second kappa shape index (κ2) is 8.54. The number of non-ortho nitro benzene ring substituents is 1. The molecule has 2 aromatic carbocycles. The third kappa shape index (κ3) is 5.10. The quantitative estimate of drug-likeness (QED) is 0.252. The second-order valence-corrected chi connectivity index (χ2v) is 5.20. The summed E-state index contributed by atoms with van der Waals surface area (Å²) >= 11 is 0. The van der Waals surface area contributed by atoms with Crippen LogP contribution in [0.3, 0.4) is 0 Å². The summed E-state index contributed by atoms with van der Waals surface area (Å²) in [5.41, 5.74) is 1.23. The zero-order chi connectivity index (χ0) is 18.2. The average molecular weight is 339 g/mol. The van der Waals surface area contributed by atoms with Crippen LogP contribution in [0.2, 0.25) is 0 Å². The van der Waals surface area contributed by atoms with Crippen molar-refractivity contribution in [1.29, 1.82) is 0 Å². The Labute approximate surface area is 144 Å². The SMILES string of the molecule is CCOC(=O)/C(=C/c1ccc([N+](=O)[O-])cc1)CC(=O)c1ccccc1. The predicted molar refractivity (Wildman–Crippen MR) is 93.1 cm³/mol. The number of carbonyl (C=O) groups is 2. The Morgan fingerprint density at radius 2 is 1.72 bits per heavy atom. The summed E-state index contributed by atoms with van der Waals surface area (Å²) in [4.78, 5) is 34.7. The molecule has 25 heavy (non-hydrogen) atoms. The Morgan fingerprint density at radius 3 is 2.28 bits per heavy atom. The zero-order valence-corrected chi connectivity index (χ0v) is 13.7. The van der Waals surface area contributed by atoms with E-state index in [9.17, 15) is 19.7 Å². The molecule has 0 bridgehead atoms. The minimum absolute atomic E-state index is 0.0461. The molecule has 0 atom stereocenters. The molecule has 0 aliphatic rings. The highest BCUT2D eigenvalue weighted by Crippen LogP contribution is 2.18. The van der Waals surface area contributed by atoms with Crippen LogP contribution in [0.25, 0.3) is 6.08 Å². The van der Waals surface area contributed by atoms with Gasteiger partial charge in [-0.05, 0) is 30.7 Å². The summed E-state index contributed by atoms with van der Waals surface area (Å²) in [5, 5.41) is 10.7. The predicted octanol–water partition coefficient (Wildman–Crippen LogP) is 3.81. The van der Waals surface area contributed by atoms with E-state index in [-0.39, 0.29) is 30.1 Å². The van der Waals surface area contributed by atoms with E-state index in [1.165, 1.54) is 30.3 Å². The van der Waals surface area contributed by atoms with Gasteiger partial charge < -0.3 is 4.74 Å². The van der Waals surface area contributed by atoms with Crippen molar-refractivity contribution >= 4 is 23.5 Å². The number of hydrogen-bond donors (Lipinski definition) is 0. The maximum absolute atomic E-state index is 12.4. The number of carbonyl (C=O) groups excluding carboxylic acids is 2. The lowest BCUT2D eigenvalue weighted by Gasteiger charge is -2.07. The van der Waals surface area contributed by atoms with Gasteiger partial charge in [0, 0.05) is 29.7 Å². The Morgan fingerprint density at radius 1 is 1.08 bits per heavy atom. The van der Waals surface area contributed by atoms with Gasteiger partial charge in [0.25, 0.3) is 5.69 Å². The minimum atomic E-state index is -0.579. The topological polar surface area (TPSA) is 86.5 Å². The first-order chi connectivity index (χ1) is 12.0. The first-order valence-electron chi connectivity index (χ1n) is 7.71. The smallest absolute Gasteiger partial charge is 0.334 e. The number of esters is 1. The van der Waals surface area contributed by atoms with Gasteiger partial charge in [0.15, 0.2) is 5.78 Å². The van der Waals surface area contributed by atoms with Crippen LogP contribution >= 0.6 is 0 Å². The number of Topliss-reactive ketones (excluding diaryl/α,β-unsaturated/α-hetero) is 1. The van der Waals surface area contributed by atoms with E-state index in [1.54, 1.807) is 37.3 Å². The van der Waals surface area contributed by atoms with Gasteiger partial charge in [0.2, 0.25) is 0 Å². The largest absolute Gasteiger partial charge is 0.463 e. The van der Waals surface area contributed by atoms with Gasteiger partial charge >= 0.3 is 5.97 Å². The highest BCUT2D eigenvalue weighted by Gasteiger charge is 2.16. The van der Waals surface area contributed by atoms with Gasteiger partial charge in [-0.25, -0.2) is 4.79 Å². The molecule has 0 amide bonds. The van der Waals surface area contributed by atoms with Crippen molar-refractivity contribution in [3.05, 3.63) is 81.4 Å². The number of benzene rings is 2. The van der Waals surface area contributed by atoms with Crippen LogP contribution in [-0.4, -0.2) is 23.3 Å². The third-order valence-electron chi connectivity index (χ3n) is 3.43. The van der Waals surface area contributed by atoms with Crippen LogP contribution < -0.4 is 0 Å². The van der Waals surface area contributed by atoms with Crippen molar-refractivity contribution in [2.45, 2.75) is 13.3 Å². The van der Waals surface area contributed by atoms with E-state index in [1.807, 2.05) is 0 Å².